The van der Waals surface area contributed by atoms with Gasteiger partial charge >= 0.3 is 6.03 Å². The number of aryl methyl sites for hydroxylation is 1. The number of hydrogen-bond acceptors (Lipinski definition) is 5. The molecule has 2 amide bonds. The molecule has 0 fully saturated rings. The Kier molecular flexibility index (Phi) is 4.10. The van der Waals surface area contributed by atoms with Crippen LogP contribution < -0.4 is 10.6 Å². The fourth-order valence-corrected chi connectivity index (χ4v) is 3.24. The van der Waals surface area contributed by atoms with Crippen molar-refractivity contribution in [1.29, 1.82) is 0 Å². The molecule has 132 valence electrons. The average molecular weight is 350 g/mol. The second-order valence-corrected chi connectivity index (χ2v) is 6.23. The second-order valence-electron chi connectivity index (χ2n) is 6.23. The van der Waals surface area contributed by atoms with Crippen LogP contribution in [0.3, 0.4) is 0 Å². The summed E-state index contributed by atoms with van der Waals surface area (Å²) < 4.78 is 1.58. The highest BCUT2D eigenvalue weighted by Gasteiger charge is 2.31. The van der Waals surface area contributed by atoms with Crippen LogP contribution in [0.1, 0.15) is 23.0 Å². The highest BCUT2D eigenvalue weighted by atomic mass is 16.3. The molecule has 2 atom stereocenters. The molecule has 0 spiro atoms. The summed E-state index contributed by atoms with van der Waals surface area (Å²) in [6, 6.07) is 14.2. The van der Waals surface area contributed by atoms with Gasteiger partial charge in [0, 0.05) is 12.1 Å². The zero-order valence-electron chi connectivity index (χ0n) is 14.1. The Morgan fingerprint density at radius 3 is 2.88 bits per heavy atom. The molecule has 8 nitrogen and oxygen atoms in total. The summed E-state index contributed by atoms with van der Waals surface area (Å²) in [4.78, 5) is 12.4. The van der Waals surface area contributed by atoms with Gasteiger partial charge in [-0.1, -0.05) is 30.3 Å². The maximum absolute atomic E-state index is 12.4. The lowest BCUT2D eigenvalue weighted by Gasteiger charge is -2.18. The molecule has 1 aromatic heterocycles. The van der Waals surface area contributed by atoms with Crippen LogP contribution in [0.4, 0.5) is 10.5 Å². The van der Waals surface area contributed by atoms with Crippen LogP contribution in [0.2, 0.25) is 0 Å². The fraction of sp³-hybridized carbons (Fsp3) is 0.222. The van der Waals surface area contributed by atoms with Crippen LogP contribution in [0.25, 0.3) is 5.69 Å². The SMILES string of the molecule is Cc1nnnn1-c1cccc(NC(=O)N[C@@H]2c3ccccc3C[C@@H]2O)c1. The molecule has 2 aromatic carbocycles. The molecule has 3 N–H and O–H groups in total. The molecule has 8 heteroatoms. The maximum atomic E-state index is 12.4. The highest BCUT2D eigenvalue weighted by molar-refractivity contribution is 5.90. The average Bonchev–Trinajstić information content (AvgIpc) is 3.19. The van der Waals surface area contributed by atoms with E-state index in [2.05, 4.69) is 26.2 Å². The van der Waals surface area contributed by atoms with E-state index >= 15 is 0 Å². The minimum absolute atomic E-state index is 0.378. The highest BCUT2D eigenvalue weighted by Crippen LogP contribution is 2.31. The third kappa shape index (κ3) is 3.02. The Balaban J connectivity index is 1.48. The Labute approximate surface area is 149 Å². The van der Waals surface area contributed by atoms with Crippen LogP contribution in [-0.2, 0) is 6.42 Å². The van der Waals surface area contributed by atoms with E-state index in [0.717, 1.165) is 16.8 Å². The topological polar surface area (TPSA) is 105 Å². The van der Waals surface area contributed by atoms with Gasteiger partial charge in [-0.2, -0.15) is 4.68 Å². The van der Waals surface area contributed by atoms with Crippen LogP contribution in [-0.4, -0.2) is 37.4 Å². The van der Waals surface area contributed by atoms with Crippen LogP contribution in [0.15, 0.2) is 48.5 Å². The number of nitrogens with zero attached hydrogens (tertiary/aromatic N) is 4. The molecule has 0 saturated carbocycles. The lowest BCUT2D eigenvalue weighted by molar-refractivity contribution is 0.144. The molecular formula is C18H18N6O2. The fourth-order valence-electron chi connectivity index (χ4n) is 3.24. The first-order valence-electron chi connectivity index (χ1n) is 8.30. The van der Waals surface area contributed by atoms with Crippen molar-refractivity contribution in [1.82, 2.24) is 25.5 Å². The molecule has 0 saturated heterocycles. The predicted molar refractivity (Wildman–Crippen MR) is 94.9 cm³/mol. The van der Waals surface area contributed by atoms with Crippen LogP contribution >= 0.6 is 0 Å². The Hall–Kier alpha value is -3.26. The minimum atomic E-state index is -0.631. The second kappa shape index (κ2) is 6.57. The van der Waals surface area contributed by atoms with Crippen molar-refractivity contribution in [3.63, 3.8) is 0 Å². The molecular weight excluding hydrogens is 332 g/mol. The number of hydrogen-bond donors (Lipinski definition) is 3. The zero-order chi connectivity index (χ0) is 18.1. The molecule has 1 heterocycles. The number of nitrogens with one attached hydrogen (secondary N) is 2. The van der Waals surface area contributed by atoms with Gasteiger partial charge in [0.05, 0.1) is 17.8 Å². The number of urea groups is 1. The van der Waals surface area contributed by atoms with Crippen LogP contribution in [0.5, 0.6) is 0 Å². The molecule has 4 rings (SSSR count). The lowest BCUT2D eigenvalue weighted by atomic mass is 10.1. The van der Waals surface area contributed by atoms with Gasteiger partial charge in [0.1, 0.15) is 0 Å². The lowest BCUT2D eigenvalue weighted by Crippen LogP contribution is -2.36. The molecule has 0 aliphatic heterocycles. The van der Waals surface area contributed by atoms with Gasteiger partial charge in [-0.25, -0.2) is 4.79 Å². The Morgan fingerprint density at radius 1 is 1.23 bits per heavy atom. The molecule has 0 radical (unpaired) electrons. The number of rotatable bonds is 3. The molecule has 0 unspecified atom stereocenters. The summed E-state index contributed by atoms with van der Waals surface area (Å²) in [5, 5.41) is 27.3. The van der Waals surface area contributed by atoms with Crippen molar-refractivity contribution in [3.8, 4) is 5.69 Å². The van der Waals surface area contributed by atoms with Gasteiger partial charge in [-0.3, -0.25) is 0 Å². The van der Waals surface area contributed by atoms with Crippen LogP contribution in [0, 0.1) is 6.92 Å². The maximum Gasteiger partial charge on any atom is 0.319 e. The summed E-state index contributed by atoms with van der Waals surface area (Å²) >= 11 is 0. The minimum Gasteiger partial charge on any atom is -0.390 e. The van der Waals surface area contributed by atoms with E-state index in [1.165, 1.54) is 0 Å². The molecule has 0 bridgehead atoms. The number of fused-ring (bicyclic) bond motifs is 1. The number of carbonyl (C=O) groups is 1. The number of tetrazole rings is 1. The first-order chi connectivity index (χ1) is 12.6. The van der Waals surface area contributed by atoms with E-state index in [4.69, 9.17) is 0 Å². The van der Waals surface area contributed by atoms with Crippen molar-refractivity contribution in [2.24, 2.45) is 0 Å². The summed E-state index contributed by atoms with van der Waals surface area (Å²) in [5.74, 6) is 0.650. The van der Waals surface area contributed by atoms with Gasteiger partial charge in [0.25, 0.3) is 0 Å². The number of amides is 2. The first kappa shape index (κ1) is 16.2. The number of aliphatic hydroxyl groups excluding tert-OH is 1. The summed E-state index contributed by atoms with van der Waals surface area (Å²) in [6.45, 7) is 1.80. The molecule has 1 aliphatic carbocycles. The van der Waals surface area contributed by atoms with Gasteiger partial charge in [0.2, 0.25) is 0 Å². The van der Waals surface area contributed by atoms with Gasteiger partial charge < -0.3 is 15.7 Å². The summed E-state index contributed by atoms with van der Waals surface area (Å²) in [6.07, 6.45) is -0.0943. The zero-order valence-corrected chi connectivity index (χ0v) is 14.1. The van der Waals surface area contributed by atoms with E-state index in [9.17, 15) is 9.90 Å². The van der Waals surface area contributed by atoms with Crippen molar-refractivity contribution in [2.45, 2.75) is 25.5 Å². The van der Waals surface area contributed by atoms with Crippen molar-refractivity contribution in [3.05, 3.63) is 65.5 Å². The van der Waals surface area contributed by atoms with Gasteiger partial charge in [0.15, 0.2) is 5.82 Å². The van der Waals surface area contributed by atoms with Crippen molar-refractivity contribution >= 4 is 11.7 Å². The largest absolute Gasteiger partial charge is 0.390 e. The number of carbonyl (C=O) groups excluding carboxylic acids is 1. The Bertz CT molecular complexity index is 954. The number of anilines is 1. The van der Waals surface area contributed by atoms with E-state index in [0.29, 0.717) is 17.9 Å². The van der Waals surface area contributed by atoms with Crippen molar-refractivity contribution in [2.75, 3.05) is 5.32 Å². The molecule has 3 aromatic rings. The summed E-state index contributed by atoms with van der Waals surface area (Å²) in [5.41, 5.74) is 3.36. The number of aromatic nitrogens is 4. The standard InChI is InChI=1S/C18H18N6O2/c1-11-21-22-23-24(11)14-7-4-6-13(10-14)19-18(26)20-17-15-8-3-2-5-12(15)9-16(17)25/h2-8,10,16-17,25H,9H2,1H3,(H2,19,20,26)/t16-,17+/m0/s1. The monoisotopic (exact) mass is 350 g/mol. The number of benzene rings is 2. The smallest absolute Gasteiger partial charge is 0.319 e. The molecule has 1 aliphatic rings. The third-order valence-electron chi connectivity index (χ3n) is 4.46. The van der Waals surface area contributed by atoms with Crippen molar-refractivity contribution < 1.29 is 9.90 Å². The predicted octanol–water partition coefficient (Wildman–Crippen LogP) is 1.75. The van der Waals surface area contributed by atoms with Gasteiger partial charge in [-0.15, -0.1) is 5.10 Å². The van der Waals surface area contributed by atoms with E-state index < -0.39 is 12.1 Å². The summed E-state index contributed by atoms with van der Waals surface area (Å²) in [7, 11) is 0. The quantitative estimate of drug-likeness (QED) is 0.667. The third-order valence-corrected chi connectivity index (χ3v) is 4.46. The number of aliphatic hydroxyl groups is 1. The molecule has 26 heavy (non-hydrogen) atoms. The van der Waals surface area contributed by atoms with E-state index in [1.54, 1.807) is 23.7 Å². The normalized spacial score (nSPS) is 18.4. The van der Waals surface area contributed by atoms with E-state index in [1.807, 2.05) is 36.4 Å². The Morgan fingerprint density at radius 2 is 2.08 bits per heavy atom. The first-order valence-corrected chi connectivity index (χ1v) is 8.30. The van der Waals surface area contributed by atoms with E-state index in [-0.39, 0.29) is 6.03 Å². The van der Waals surface area contributed by atoms with Gasteiger partial charge in [-0.05, 0) is 46.7 Å².